The number of aromatic nitrogens is 4. The summed E-state index contributed by atoms with van der Waals surface area (Å²) in [5, 5.41) is 2.24. The van der Waals surface area contributed by atoms with E-state index < -0.39 is 0 Å². The molecule has 3 heterocycles. The number of aryl methyl sites for hydroxylation is 2. The van der Waals surface area contributed by atoms with Crippen molar-refractivity contribution in [1.29, 1.82) is 0 Å². The Balaban J connectivity index is 1.16. The van der Waals surface area contributed by atoms with Crippen LogP contribution < -0.4 is 0 Å². The second-order valence-electron chi connectivity index (χ2n) is 11.7. The molecule has 0 N–H and O–H groups in total. The number of fused-ring (bicyclic) bond motifs is 3. The number of pyridine rings is 2. The van der Waals surface area contributed by atoms with E-state index in [4.69, 9.17) is 19.9 Å². The van der Waals surface area contributed by atoms with E-state index in [-0.39, 0.29) is 0 Å². The first-order valence-electron chi connectivity index (χ1n) is 15.5. The first kappa shape index (κ1) is 27.5. The summed E-state index contributed by atoms with van der Waals surface area (Å²) >= 11 is 0. The van der Waals surface area contributed by atoms with Crippen molar-refractivity contribution < 1.29 is 0 Å². The van der Waals surface area contributed by atoms with Gasteiger partial charge in [0.25, 0.3) is 0 Å². The first-order valence-corrected chi connectivity index (χ1v) is 15.5. The first-order chi connectivity index (χ1) is 22.6. The second-order valence-corrected chi connectivity index (χ2v) is 11.7. The van der Waals surface area contributed by atoms with E-state index >= 15 is 0 Å². The maximum Gasteiger partial charge on any atom is 0.160 e. The highest BCUT2D eigenvalue weighted by Gasteiger charge is 2.12. The Hall–Kier alpha value is -6.00. The number of rotatable bonds is 5. The summed E-state index contributed by atoms with van der Waals surface area (Å²) in [5.41, 5.74) is 13.2. The van der Waals surface area contributed by atoms with E-state index in [2.05, 4.69) is 116 Å². The lowest BCUT2D eigenvalue weighted by Gasteiger charge is -2.11. The molecule has 0 saturated heterocycles. The third kappa shape index (κ3) is 5.20. The molecule has 0 aliphatic heterocycles. The van der Waals surface area contributed by atoms with Crippen LogP contribution in [-0.4, -0.2) is 19.9 Å². The molecule has 218 valence electrons. The molecule has 0 aliphatic carbocycles. The molecule has 0 saturated carbocycles. The molecule has 4 heteroatoms. The van der Waals surface area contributed by atoms with E-state index in [1.165, 1.54) is 5.56 Å². The zero-order valence-electron chi connectivity index (χ0n) is 25.6. The molecule has 8 aromatic rings. The van der Waals surface area contributed by atoms with Crippen molar-refractivity contribution >= 4 is 21.8 Å². The van der Waals surface area contributed by atoms with Crippen LogP contribution in [0.3, 0.4) is 0 Å². The molecular weight excluding hydrogens is 560 g/mol. The molecule has 0 amide bonds. The lowest BCUT2D eigenvalue weighted by Crippen LogP contribution is -1.96. The van der Waals surface area contributed by atoms with Gasteiger partial charge in [0.05, 0.1) is 28.1 Å². The summed E-state index contributed by atoms with van der Waals surface area (Å²) < 4.78 is 0. The quantitative estimate of drug-likeness (QED) is 0.187. The molecule has 0 spiro atoms. The summed E-state index contributed by atoms with van der Waals surface area (Å²) in [6.07, 6.45) is 0. The summed E-state index contributed by atoms with van der Waals surface area (Å²) in [4.78, 5) is 20.0. The topological polar surface area (TPSA) is 51.6 Å². The minimum atomic E-state index is 0.701. The fourth-order valence-electron chi connectivity index (χ4n) is 6.13. The number of benzene rings is 5. The minimum Gasteiger partial charge on any atom is -0.251 e. The van der Waals surface area contributed by atoms with Gasteiger partial charge in [0.1, 0.15) is 0 Å². The molecule has 3 aromatic heterocycles. The Morgan fingerprint density at radius 2 is 0.978 bits per heavy atom. The molecule has 8 rings (SSSR count). The van der Waals surface area contributed by atoms with Crippen molar-refractivity contribution in [1.82, 2.24) is 19.9 Å². The van der Waals surface area contributed by atoms with Crippen LogP contribution in [0.1, 0.15) is 11.3 Å². The molecule has 0 unspecified atom stereocenters. The Morgan fingerprint density at radius 1 is 0.370 bits per heavy atom. The van der Waals surface area contributed by atoms with Gasteiger partial charge in [-0.05, 0) is 54.8 Å². The predicted octanol–water partition coefficient (Wildman–Crippen LogP) is 10.5. The monoisotopic (exact) mass is 590 g/mol. The van der Waals surface area contributed by atoms with Crippen molar-refractivity contribution in [3.8, 4) is 56.3 Å². The van der Waals surface area contributed by atoms with Gasteiger partial charge < -0.3 is 0 Å². The average molecular weight is 591 g/mol. The van der Waals surface area contributed by atoms with Crippen molar-refractivity contribution in [3.05, 3.63) is 157 Å². The number of nitrogens with zero attached hydrogens (tertiary/aromatic N) is 4. The fraction of sp³-hybridized carbons (Fsp3) is 0.0476. The molecule has 46 heavy (non-hydrogen) atoms. The van der Waals surface area contributed by atoms with Gasteiger partial charge in [0.2, 0.25) is 0 Å². The predicted molar refractivity (Wildman–Crippen MR) is 189 cm³/mol. The van der Waals surface area contributed by atoms with E-state index in [0.717, 1.165) is 78.0 Å². The fourth-order valence-corrected chi connectivity index (χ4v) is 6.13. The minimum absolute atomic E-state index is 0.701. The highest BCUT2D eigenvalue weighted by atomic mass is 14.9. The standard InChI is InChI=1S/C42H30N4/c1-27-24-28(2)43-41-36(27)22-20-32-21-23-37(44-40(32)41)35-15-9-14-34(25-35)29-16-18-33(19-17-29)42-45-38(30-10-5-3-6-11-30)26-39(46-42)31-12-7-4-8-13-31/h3-26H,1-2H3. The molecule has 5 aromatic carbocycles. The Kier molecular flexibility index (Phi) is 6.88. The van der Waals surface area contributed by atoms with Gasteiger partial charge in [-0.2, -0.15) is 0 Å². The van der Waals surface area contributed by atoms with Crippen molar-refractivity contribution in [2.24, 2.45) is 0 Å². The third-order valence-corrected chi connectivity index (χ3v) is 8.47. The molecule has 4 nitrogen and oxygen atoms in total. The van der Waals surface area contributed by atoms with Crippen LogP contribution in [0.15, 0.2) is 146 Å². The van der Waals surface area contributed by atoms with Crippen molar-refractivity contribution in [3.63, 3.8) is 0 Å². The summed E-state index contributed by atoms with van der Waals surface area (Å²) in [6.45, 7) is 4.17. The van der Waals surface area contributed by atoms with E-state index in [9.17, 15) is 0 Å². The van der Waals surface area contributed by atoms with Crippen LogP contribution in [0, 0.1) is 13.8 Å². The molecule has 0 bridgehead atoms. The van der Waals surface area contributed by atoms with Gasteiger partial charge in [-0.1, -0.05) is 121 Å². The van der Waals surface area contributed by atoms with E-state index in [0.29, 0.717) is 5.82 Å². The highest BCUT2D eigenvalue weighted by Crippen LogP contribution is 2.32. The van der Waals surface area contributed by atoms with Gasteiger partial charge in [-0.3, -0.25) is 4.98 Å². The molecule has 0 atom stereocenters. The van der Waals surface area contributed by atoms with E-state index in [1.807, 2.05) is 43.3 Å². The summed E-state index contributed by atoms with van der Waals surface area (Å²) in [6, 6.07) is 50.3. The third-order valence-electron chi connectivity index (χ3n) is 8.47. The zero-order valence-corrected chi connectivity index (χ0v) is 25.6. The highest BCUT2D eigenvalue weighted by molar-refractivity contribution is 6.04. The smallest absolute Gasteiger partial charge is 0.160 e. The normalized spacial score (nSPS) is 11.3. The SMILES string of the molecule is Cc1cc(C)c2ccc3ccc(-c4cccc(-c5ccc(-c6nc(-c7ccccc7)cc(-c7ccccc7)n6)cc5)c4)nc3c2n1. The van der Waals surface area contributed by atoms with Gasteiger partial charge in [0, 0.05) is 38.7 Å². The second kappa shape index (κ2) is 11.5. The lowest BCUT2D eigenvalue weighted by molar-refractivity contribution is 1.18. The van der Waals surface area contributed by atoms with Crippen molar-refractivity contribution in [2.45, 2.75) is 13.8 Å². The summed E-state index contributed by atoms with van der Waals surface area (Å²) in [5.74, 6) is 0.701. The molecular formula is C42H30N4. The van der Waals surface area contributed by atoms with Crippen LogP contribution in [0.2, 0.25) is 0 Å². The van der Waals surface area contributed by atoms with Crippen molar-refractivity contribution in [2.75, 3.05) is 0 Å². The molecule has 0 radical (unpaired) electrons. The van der Waals surface area contributed by atoms with Crippen LogP contribution in [-0.2, 0) is 0 Å². The summed E-state index contributed by atoms with van der Waals surface area (Å²) in [7, 11) is 0. The van der Waals surface area contributed by atoms with Crippen LogP contribution in [0.25, 0.3) is 78.1 Å². The Bertz CT molecular complexity index is 2310. The molecule has 0 aliphatic rings. The van der Waals surface area contributed by atoms with Gasteiger partial charge >= 0.3 is 0 Å². The maximum atomic E-state index is 5.13. The van der Waals surface area contributed by atoms with Crippen LogP contribution in [0.5, 0.6) is 0 Å². The van der Waals surface area contributed by atoms with Crippen LogP contribution >= 0.6 is 0 Å². The van der Waals surface area contributed by atoms with Gasteiger partial charge in [0.15, 0.2) is 5.82 Å². The number of hydrogen-bond donors (Lipinski definition) is 0. The zero-order chi connectivity index (χ0) is 31.0. The van der Waals surface area contributed by atoms with Gasteiger partial charge in [-0.25, -0.2) is 15.0 Å². The van der Waals surface area contributed by atoms with Crippen LogP contribution in [0.4, 0.5) is 0 Å². The van der Waals surface area contributed by atoms with E-state index in [1.54, 1.807) is 0 Å². The van der Waals surface area contributed by atoms with Gasteiger partial charge in [-0.15, -0.1) is 0 Å². The Morgan fingerprint density at radius 3 is 1.67 bits per heavy atom. The Labute approximate surface area is 268 Å². The number of hydrogen-bond acceptors (Lipinski definition) is 4. The maximum absolute atomic E-state index is 5.13. The lowest BCUT2D eigenvalue weighted by atomic mass is 9.99. The molecule has 0 fully saturated rings. The average Bonchev–Trinajstić information content (AvgIpc) is 3.12. The largest absolute Gasteiger partial charge is 0.251 e.